The largest absolute Gasteiger partial charge is 0.455 e. The number of hydrogen-bond donors (Lipinski definition) is 0. The summed E-state index contributed by atoms with van der Waals surface area (Å²) >= 11 is 0. The van der Waals surface area contributed by atoms with Gasteiger partial charge in [0.05, 0.1) is 16.5 Å². The maximum atomic E-state index is 6.67. The van der Waals surface area contributed by atoms with E-state index in [1.165, 1.54) is 49.9 Å². The molecule has 0 N–H and O–H groups in total. The number of rotatable bonds is 3. The molecule has 228 valence electrons. The lowest BCUT2D eigenvalue weighted by Gasteiger charge is -2.32. The van der Waals surface area contributed by atoms with E-state index in [0.717, 1.165) is 44.4 Å². The van der Waals surface area contributed by atoms with Gasteiger partial charge in [0.25, 0.3) is 0 Å². The van der Waals surface area contributed by atoms with E-state index in [2.05, 4.69) is 181 Å². The van der Waals surface area contributed by atoms with Gasteiger partial charge in [-0.15, -0.1) is 0 Å². The van der Waals surface area contributed by atoms with Crippen molar-refractivity contribution in [1.82, 2.24) is 0 Å². The van der Waals surface area contributed by atoms with Crippen LogP contribution in [0.15, 0.2) is 180 Å². The van der Waals surface area contributed by atoms with Gasteiger partial charge >= 0.3 is 0 Å². The topological polar surface area (TPSA) is 16.4 Å². The van der Waals surface area contributed by atoms with E-state index < -0.39 is 5.41 Å². The van der Waals surface area contributed by atoms with Crippen molar-refractivity contribution in [3.8, 4) is 22.3 Å². The summed E-state index contributed by atoms with van der Waals surface area (Å²) in [7, 11) is 0. The van der Waals surface area contributed by atoms with Crippen LogP contribution in [0, 0.1) is 0 Å². The molecule has 9 aromatic rings. The SMILES string of the molecule is c1ccc(N(c2ccc3c(c2)C2(c4ccccc4-c4ccccc42)c2ccccc2-3)c2cccc3oc4c5ccccc5ccc4c23)cc1. The van der Waals surface area contributed by atoms with Gasteiger partial charge < -0.3 is 9.32 Å². The van der Waals surface area contributed by atoms with Crippen molar-refractivity contribution in [2.24, 2.45) is 0 Å². The molecule has 0 aliphatic heterocycles. The minimum atomic E-state index is -0.412. The highest BCUT2D eigenvalue weighted by atomic mass is 16.3. The molecule has 0 bridgehead atoms. The van der Waals surface area contributed by atoms with Crippen LogP contribution in [0.5, 0.6) is 0 Å². The van der Waals surface area contributed by atoms with Gasteiger partial charge in [-0.3, -0.25) is 0 Å². The second-order valence-electron chi connectivity index (χ2n) is 13.2. The minimum absolute atomic E-state index is 0.412. The van der Waals surface area contributed by atoms with E-state index in [4.69, 9.17) is 4.42 Å². The van der Waals surface area contributed by atoms with E-state index in [1.807, 2.05) is 0 Å². The molecule has 1 spiro atoms. The van der Waals surface area contributed by atoms with Crippen molar-refractivity contribution in [2.75, 3.05) is 4.90 Å². The lowest BCUT2D eigenvalue weighted by Crippen LogP contribution is -2.26. The monoisotopic (exact) mass is 623 g/mol. The fourth-order valence-corrected chi connectivity index (χ4v) is 8.95. The molecule has 0 atom stereocenters. The Balaban J connectivity index is 1.22. The maximum Gasteiger partial charge on any atom is 0.143 e. The van der Waals surface area contributed by atoms with E-state index in [1.54, 1.807) is 0 Å². The van der Waals surface area contributed by atoms with Crippen LogP contribution in [0.3, 0.4) is 0 Å². The van der Waals surface area contributed by atoms with Gasteiger partial charge in [-0.25, -0.2) is 0 Å². The Bertz CT molecular complexity index is 2730. The number of anilines is 3. The molecule has 49 heavy (non-hydrogen) atoms. The average molecular weight is 624 g/mol. The Morgan fingerprint density at radius 3 is 1.73 bits per heavy atom. The number of fused-ring (bicyclic) bond motifs is 15. The van der Waals surface area contributed by atoms with E-state index >= 15 is 0 Å². The van der Waals surface area contributed by atoms with Gasteiger partial charge in [0.15, 0.2) is 0 Å². The third-order valence-corrected chi connectivity index (χ3v) is 10.9. The summed E-state index contributed by atoms with van der Waals surface area (Å²) < 4.78 is 6.67. The normalized spacial score (nSPS) is 13.5. The zero-order chi connectivity index (χ0) is 32.1. The highest BCUT2D eigenvalue weighted by Gasteiger charge is 2.51. The van der Waals surface area contributed by atoms with Gasteiger partial charge in [0.1, 0.15) is 11.2 Å². The van der Waals surface area contributed by atoms with E-state index in [9.17, 15) is 0 Å². The highest BCUT2D eigenvalue weighted by molar-refractivity contribution is 6.19. The van der Waals surface area contributed by atoms with Crippen molar-refractivity contribution < 1.29 is 4.42 Å². The fraction of sp³-hybridized carbons (Fsp3) is 0.0213. The number of nitrogens with zero attached hydrogens (tertiary/aromatic N) is 1. The molecule has 1 aromatic heterocycles. The van der Waals surface area contributed by atoms with Crippen molar-refractivity contribution in [3.63, 3.8) is 0 Å². The van der Waals surface area contributed by atoms with Crippen LogP contribution in [-0.4, -0.2) is 0 Å². The van der Waals surface area contributed by atoms with Crippen molar-refractivity contribution in [3.05, 3.63) is 198 Å². The summed E-state index contributed by atoms with van der Waals surface area (Å²) in [4.78, 5) is 2.41. The van der Waals surface area contributed by atoms with Crippen LogP contribution >= 0.6 is 0 Å². The smallest absolute Gasteiger partial charge is 0.143 e. The van der Waals surface area contributed by atoms with Crippen LogP contribution in [0.2, 0.25) is 0 Å². The summed E-state index contributed by atoms with van der Waals surface area (Å²) in [6.45, 7) is 0. The van der Waals surface area contributed by atoms with E-state index in [0.29, 0.717) is 0 Å². The quantitative estimate of drug-likeness (QED) is 0.195. The molecule has 2 nitrogen and oxygen atoms in total. The van der Waals surface area contributed by atoms with Crippen molar-refractivity contribution >= 4 is 49.8 Å². The Labute approximate surface area is 284 Å². The van der Waals surface area contributed by atoms with Crippen LogP contribution in [-0.2, 0) is 5.41 Å². The van der Waals surface area contributed by atoms with Crippen LogP contribution in [0.25, 0.3) is 55.0 Å². The molecule has 0 unspecified atom stereocenters. The van der Waals surface area contributed by atoms with Crippen LogP contribution in [0.1, 0.15) is 22.3 Å². The molecule has 0 radical (unpaired) electrons. The zero-order valence-corrected chi connectivity index (χ0v) is 26.6. The highest BCUT2D eigenvalue weighted by Crippen LogP contribution is 2.63. The number of hydrogen-bond acceptors (Lipinski definition) is 2. The lowest BCUT2D eigenvalue weighted by atomic mass is 9.70. The third-order valence-electron chi connectivity index (χ3n) is 10.9. The molecule has 2 aliphatic rings. The Morgan fingerprint density at radius 2 is 1.02 bits per heavy atom. The summed E-state index contributed by atoms with van der Waals surface area (Å²) in [6, 6.07) is 64.2. The fourth-order valence-electron chi connectivity index (χ4n) is 8.95. The summed E-state index contributed by atoms with van der Waals surface area (Å²) in [5, 5.41) is 4.54. The Morgan fingerprint density at radius 1 is 0.408 bits per heavy atom. The summed E-state index contributed by atoms with van der Waals surface area (Å²) in [5.41, 5.74) is 15.3. The number of furan rings is 1. The molecule has 0 amide bonds. The Hall–Kier alpha value is -6.38. The molecule has 0 saturated heterocycles. The molecule has 11 rings (SSSR count). The molecule has 1 heterocycles. The lowest BCUT2D eigenvalue weighted by molar-refractivity contribution is 0.672. The molecule has 2 heteroatoms. The first-order valence-electron chi connectivity index (χ1n) is 16.9. The first kappa shape index (κ1) is 26.7. The Kier molecular flexibility index (Phi) is 5.34. The average Bonchev–Trinajstić information content (AvgIpc) is 3.80. The summed E-state index contributed by atoms with van der Waals surface area (Å²) in [6.07, 6.45) is 0. The maximum absolute atomic E-state index is 6.67. The van der Waals surface area contributed by atoms with Crippen molar-refractivity contribution in [2.45, 2.75) is 5.41 Å². The van der Waals surface area contributed by atoms with Gasteiger partial charge in [-0.05, 0) is 92.4 Å². The molecular formula is C47H29NO. The first-order valence-corrected chi connectivity index (χ1v) is 16.9. The number of benzene rings is 8. The van der Waals surface area contributed by atoms with Crippen LogP contribution < -0.4 is 4.90 Å². The predicted molar refractivity (Wildman–Crippen MR) is 202 cm³/mol. The third kappa shape index (κ3) is 3.45. The summed E-state index contributed by atoms with van der Waals surface area (Å²) in [5.74, 6) is 0. The van der Waals surface area contributed by atoms with Gasteiger partial charge in [-0.1, -0.05) is 133 Å². The molecule has 0 fully saturated rings. The van der Waals surface area contributed by atoms with Gasteiger partial charge in [-0.2, -0.15) is 0 Å². The standard InChI is InChI=1S/C47H29NO/c1-2-14-31(15-3-1)48(43-23-12-24-44-45(43)38-27-25-30-13-4-5-16-33(30)46(38)49-44)32-26-28-37-36-19-8-11-22-41(36)47(42(37)29-32)39-20-9-6-17-34(39)35-18-7-10-21-40(35)47/h1-29H. The second kappa shape index (κ2) is 9.82. The zero-order valence-electron chi connectivity index (χ0n) is 26.6. The van der Waals surface area contributed by atoms with Gasteiger partial charge in [0.2, 0.25) is 0 Å². The molecule has 0 saturated carbocycles. The molecular weight excluding hydrogens is 595 g/mol. The van der Waals surface area contributed by atoms with E-state index in [-0.39, 0.29) is 0 Å². The van der Waals surface area contributed by atoms with Crippen molar-refractivity contribution in [1.29, 1.82) is 0 Å². The first-order chi connectivity index (χ1) is 24.3. The molecule has 8 aromatic carbocycles. The molecule has 2 aliphatic carbocycles. The van der Waals surface area contributed by atoms with Crippen LogP contribution in [0.4, 0.5) is 17.1 Å². The second-order valence-corrected chi connectivity index (χ2v) is 13.2. The van der Waals surface area contributed by atoms with Gasteiger partial charge in [0, 0.05) is 22.1 Å². The number of para-hydroxylation sites is 1. The minimum Gasteiger partial charge on any atom is -0.455 e. The predicted octanol–water partition coefficient (Wildman–Crippen LogP) is 12.6.